The number of likely N-dealkylation sites (tertiary alicyclic amines) is 1. The number of hydrogen-bond donors (Lipinski definition) is 1. The molecule has 1 heterocycles. The minimum Gasteiger partial charge on any atom is -0.444 e. The molecule has 2 amide bonds. The lowest BCUT2D eigenvalue weighted by atomic mass is 9.98. The van der Waals surface area contributed by atoms with Crippen molar-refractivity contribution in [1.82, 2.24) is 10.2 Å². The first-order valence-electron chi connectivity index (χ1n) is 8.36. The highest BCUT2D eigenvalue weighted by Gasteiger charge is 2.27. The van der Waals surface area contributed by atoms with Gasteiger partial charge in [0.1, 0.15) is 5.60 Å². The molecule has 138 valence electrons. The molecule has 1 saturated heterocycles. The van der Waals surface area contributed by atoms with Crippen LogP contribution in [0.4, 0.5) is 4.79 Å². The van der Waals surface area contributed by atoms with Gasteiger partial charge in [-0.1, -0.05) is 23.2 Å². The maximum absolute atomic E-state index is 12.3. The summed E-state index contributed by atoms with van der Waals surface area (Å²) >= 11 is 11.9. The molecule has 0 spiro atoms. The van der Waals surface area contributed by atoms with Gasteiger partial charge in [0.25, 0.3) is 5.91 Å². The SMILES string of the molecule is CC(C)(C)OC(=O)N1CCCC(CNC(=O)c2cc(Cl)cc(Cl)c2)C1. The lowest BCUT2D eigenvalue weighted by Gasteiger charge is -2.34. The van der Waals surface area contributed by atoms with Crippen molar-refractivity contribution in [2.45, 2.75) is 39.2 Å². The summed E-state index contributed by atoms with van der Waals surface area (Å²) in [4.78, 5) is 26.2. The molecule has 0 bridgehead atoms. The molecular weight excluding hydrogens is 363 g/mol. The first kappa shape index (κ1) is 19.9. The van der Waals surface area contributed by atoms with Crippen LogP contribution in [0.15, 0.2) is 18.2 Å². The minimum atomic E-state index is -0.510. The monoisotopic (exact) mass is 386 g/mol. The Kier molecular flexibility index (Phi) is 6.58. The van der Waals surface area contributed by atoms with Gasteiger partial charge in [-0.25, -0.2) is 4.79 Å². The van der Waals surface area contributed by atoms with Gasteiger partial charge in [0.05, 0.1) is 0 Å². The molecule has 0 aromatic heterocycles. The third kappa shape index (κ3) is 6.40. The second kappa shape index (κ2) is 8.28. The van der Waals surface area contributed by atoms with Crippen molar-refractivity contribution >= 4 is 35.2 Å². The van der Waals surface area contributed by atoms with E-state index in [-0.39, 0.29) is 17.9 Å². The van der Waals surface area contributed by atoms with E-state index < -0.39 is 5.60 Å². The zero-order valence-electron chi connectivity index (χ0n) is 14.8. The highest BCUT2D eigenvalue weighted by atomic mass is 35.5. The van der Waals surface area contributed by atoms with Crippen LogP contribution in [-0.4, -0.2) is 42.1 Å². The van der Waals surface area contributed by atoms with Crippen LogP contribution in [0.3, 0.4) is 0 Å². The van der Waals surface area contributed by atoms with Crippen molar-refractivity contribution in [3.05, 3.63) is 33.8 Å². The molecule has 1 N–H and O–H groups in total. The molecule has 1 aromatic carbocycles. The van der Waals surface area contributed by atoms with Gasteiger partial charge < -0.3 is 15.0 Å². The summed E-state index contributed by atoms with van der Waals surface area (Å²) in [6, 6.07) is 4.74. The number of carbonyl (C=O) groups excluding carboxylic acids is 2. The first-order valence-corrected chi connectivity index (χ1v) is 9.12. The Hall–Kier alpha value is -1.46. The molecule has 25 heavy (non-hydrogen) atoms. The number of hydrogen-bond acceptors (Lipinski definition) is 3. The Morgan fingerprint density at radius 1 is 1.24 bits per heavy atom. The van der Waals surface area contributed by atoms with Crippen LogP contribution in [-0.2, 0) is 4.74 Å². The summed E-state index contributed by atoms with van der Waals surface area (Å²) in [5.74, 6) is -0.0290. The van der Waals surface area contributed by atoms with Crippen molar-refractivity contribution in [1.29, 1.82) is 0 Å². The van der Waals surface area contributed by atoms with E-state index in [1.165, 1.54) is 0 Å². The Morgan fingerprint density at radius 2 is 1.88 bits per heavy atom. The van der Waals surface area contributed by atoms with Crippen molar-refractivity contribution in [3.63, 3.8) is 0 Å². The summed E-state index contributed by atoms with van der Waals surface area (Å²) in [6.07, 6.45) is 1.55. The fourth-order valence-electron chi connectivity index (χ4n) is 2.75. The van der Waals surface area contributed by atoms with Crippen LogP contribution in [0, 0.1) is 5.92 Å². The molecule has 0 aliphatic carbocycles. The number of halogens is 2. The molecule has 1 fully saturated rings. The lowest BCUT2D eigenvalue weighted by molar-refractivity contribution is 0.0167. The summed E-state index contributed by atoms with van der Waals surface area (Å²) in [5.41, 5.74) is -0.0818. The van der Waals surface area contributed by atoms with Gasteiger partial charge >= 0.3 is 6.09 Å². The van der Waals surface area contributed by atoms with Gasteiger partial charge in [0, 0.05) is 35.2 Å². The van der Waals surface area contributed by atoms with Gasteiger partial charge in [-0.2, -0.15) is 0 Å². The van der Waals surface area contributed by atoms with Crippen LogP contribution in [0.2, 0.25) is 10.0 Å². The molecule has 1 aliphatic rings. The van der Waals surface area contributed by atoms with E-state index in [0.29, 0.717) is 35.2 Å². The number of carbonyl (C=O) groups is 2. The molecule has 1 aromatic rings. The van der Waals surface area contributed by atoms with Gasteiger partial charge in [-0.3, -0.25) is 4.79 Å². The van der Waals surface area contributed by atoms with Crippen molar-refractivity contribution in [3.8, 4) is 0 Å². The second-order valence-corrected chi connectivity index (χ2v) is 8.18. The third-order valence-electron chi connectivity index (χ3n) is 3.85. The van der Waals surface area contributed by atoms with E-state index in [4.69, 9.17) is 27.9 Å². The molecule has 2 rings (SSSR count). The average molecular weight is 387 g/mol. The molecule has 1 unspecified atom stereocenters. The molecule has 0 saturated carbocycles. The normalized spacial score (nSPS) is 18.0. The number of ether oxygens (including phenoxy) is 1. The summed E-state index contributed by atoms with van der Waals surface area (Å²) in [7, 11) is 0. The highest BCUT2D eigenvalue weighted by Crippen LogP contribution is 2.21. The molecule has 1 atom stereocenters. The van der Waals surface area contributed by atoms with Gasteiger partial charge in [0.2, 0.25) is 0 Å². The van der Waals surface area contributed by atoms with Gasteiger partial charge in [-0.05, 0) is 57.7 Å². The van der Waals surface area contributed by atoms with Crippen LogP contribution in [0.5, 0.6) is 0 Å². The number of rotatable bonds is 3. The summed E-state index contributed by atoms with van der Waals surface area (Å²) in [6.45, 7) is 7.30. The van der Waals surface area contributed by atoms with Crippen LogP contribution in [0.1, 0.15) is 44.0 Å². The van der Waals surface area contributed by atoms with E-state index in [1.807, 2.05) is 20.8 Å². The van der Waals surface area contributed by atoms with E-state index in [9.17, 15) is 9.59 Å². The summed E-state index contributed by atoms with van der Waals surface area (Å²) in [5, 5.41) is 3.74. The van der Waals surface area contributed by atoms with Crippen molar-refractivity contribution in [2.24, 2.45) is 5.92 Å². The Morgan fingerprint density at radius 3 is 2.48 bits per heavy atom. The molecule has 1 aliphatic heterocycles. The predicted molar refractivity (Wildman–Crippen MR) is 99.3 cm³/mol. The van der Waals surface area contributed by atoms with E-state index in [0.717, 1.165) is 12.8 Å². The standard InChI is InChI=1S/C18H24Cl2N2O3/c1-18(2,3)25-17(24)22-6-4-5-12(11-22)10-21-16(23)13-7-14(19)9-15(20)8-13/h7-9,12H,4-6,10-11H2,1-3H3,(H,21,23). The van der Waals surface area contributed by atoms with Crippen LogP contribution < -0.4 is 5.32 Å². The topological polar surface area (TPSA) is 58.6 Å². The Labute approximate surface area is 158 Å². The van der Waals surface area contributed by atoms with Crippen LogP contribution in [0.25, 0.3) is 0 Å². The zero-order valence-corrected chi connectivity index (χ0v) is 16.3. The largest absolute Gasteiger partial charge is 0.444 e. The maximum Gasteiger partial charge on any atom is 0.410 e. The number of amides is 2. The molecule has 5 nitrogen and oxygen atoms in total. The quantitative estimate of drug-likeness (QED) is 0.838. The number of nitrogens with one attached hydrogen (secondary N) is 1. The third-order valence-corrected chi connectivity index (χ3v) is 4.28. The van der Waals surface area contributed by atoms with Crippen molar-refractivity contribution < 1.29 is 14.3 Å². The molecule has 7 heteroatoms. The van der Waals surface area contributed by atoms with Gasteiger partial charge in [-0.15, -0.1) is 0 Å². The Balaban J connectivity index is 1.88. The van der Waals surface area contributed by atoms with Gasteiger partial charge in [0.15, 0.2) is 0 Å². The smallest absolute Gasteiger partial charge is 0.410 e. The second-order valence-electron chi connectivity index (χ2n) is 7.30. The fraction of sp³-hybridized carbons (Fsp3) is 0.556. The number of benzene rings is 1. The number of piperidine rings is 1. The fourth-order valence-corrected chi connectivity index (χ4v) is 3.27. The van der Waals surface area contributed by atoms with E-state index >= 15 is 0 Å². The zero-order chi connectivity index (χ0) is 18.6. The minimum absolute atomic E-state index is 0.194. The highest BCUT2D eigenvalue weighted by molar-refractivity contribution is 6.35. The Bertz CT molecular complexity index is 623. The predicted octanol–water partition coefficient (Wildman–Crippen LogP) is 4.37. The maximum atomic E-state index is 12.3. The summed E-state index contributed by atoms with van der Waals surface area (Å²) < 4.78 is 5.42. The molecular formula is C18H24Cl2N2O3. The van der Waals surface area contributed by atoms with Crippen LogP contribution >= 0.6 is 23.2 Å². The van der Waals surface area contributed by atoms with E-state index in [1.54, 1.807) is 23.1 Å². The first-order chi connectivity index (χ1) is 11.6. The van der Waals surface area contributed by atoms with Crippen molar-refractivity contribution in [2.75, 3.05) is 19.6 Å². The molecule has 0 radical (unpaired) electrons. The lowest BCUT2D eigenvalue weighted by Crippen LogP contribution is -2.45. The van der Waals surface area contributed by atoms with E-state index in [2.05, 4.69) is 5.32 Å². The number of nitrogens with zero attached hydrogens (tertiary/aromatic N) is 1. The average Bonchev–Trinajstić information content (AvgIpc) is 2.50.